The van der Waals surface area contributed by atoms with Crippen molar-refractivity contribution in [3.63, 3.8) is 0 Å². The normalized spacial score (nSPS) is 11.6. The number of aromatic carboxylic acids is 1. The molecule has 4 N–H and O–H groups in total. The predicted octanol–water partition coefficient (Wildman–Crippen LogP) is 2.33. The molecule has 1 aromatic carbocycles. The lowest BCUT2D eigenvalue weighted by Crippen LogP contribution is -2.25. The summed E-state index contributed by atoms with van der Waals surface area (Å²) in [5.41, 5.74) is 5.05. The zero-order chi connectivity index (χ0) is 19.6. The summed E-state index contributed by atoms with van der Waals surface area (Å²) >= 11 is 6.15. The van der Waals surface area contributed by atoms with Gasteiger partial charge in [-0.3, -0.25) is 4.79 Å². The van der Waals surface area contributed by atoms with Crippen LogP contribution in [0.1, 0.15) is 21.9 Å². The molecule has 0 saturated carbocycles. The van der Waals surface area contributed by atoms with Gasteiger partial charge in [-0.1, -0.05) is 11.6 Å². The predicted molar refractivity (Wildman–Crippen MR) is 94.2 cm³/mol. The molecule has 3 rings (SSSR count). The van der Waals surface area contributed by atoms with Crippen LogP contribution >= 0.6 is 11.6 Å². The van der Waals surface area contributed by atoms with Gasteiger partial charge < -0.3 is 20.6 Å². The average Bonchev–Trinajstić information content (AvgIpc) is 2.96. The topological polar surface area (TPSA) is 131 Å². The van der Waals surface area contributed by atoms with E-state index in [0.717, 1.165) is 18.3 Å². The van der Waals surface area contributed by atoms with Crippen molar-refractivity contribution in [2.24, 2.45) is 5.73 Å². The molecule has 138 valence electrons. The molecule has 2 aromatic heterocycles. The fraction of sp³-hybridized carbons (Fsp3) is 0.0588. The molecule has 0 aliphatic rings. The SMILES string of the molecule is N/C=C(/C(=O)NCc1oc2c(C(=O)O)cc(F)cc2c1Cl)c1ncccn1. The molecule has 27 heavy (non-hydrogen) atoms. The Labute approximate surface area is 156 Å². The van der Waals surface area contributed by atoms with Crippen LogP contribution in [0.25, 0.3) is 16.5 Å². The third-order valence-electron chi connectivity index (χ3n) is 3.62. The molecule has 0 atom stereocenters. The van der Waals surface area contributed by atoms with Crippen molar-refractivity contribution >= 4 is 40.0 Å². The van der Waals surface area contributed by atoms with E-state index in [0.29, 0.717) is 0 Å². The summed E-state index contributed by atoms with van der Waals surface area (Å²) < 4.78 is 19.1. The van der Waals surface area contributed by atoms with E-state index < -0.39 is 17.7 Å². The summed E-state index contributed by atoms with van der Waals surface area (Å²) in [6, 6.07) is 3.47. The minimum Gasteiger partial charge on any atom is -0.478 e. The van der Waals surface area contributed by atoms with Crippen LogP contribution in [0.5, 0.6) is 0 Å². The Balaban J connectivity index is 1.87. The maximum atomic E-state index is 13.6. The van der Waals surface area contributed by atoms with Crippen molar-refractivity contribution in [1.82, 2.24) is 15.3 Å². The molecule has 0 bridgehead atoms. The number of hydrogen-bond acceptors (Lipinski definition) is 6. The minimum atomic E-state index is -1.37. The highest BCUT2D eigenvalue weighted by Gasteiger charge is 2.21. The zero-order valence-electron chi connectivity index (χ0n) is 13.6. The molecular weight excluding hydrogens is 379 g/mol. The van der Waals surface area contributed by atoms with Gasteiger partial charge in [0.15, 0.2) is 11.4 Å². The number of nitrogens with one attached hydrogen (secondary N) is 1. The van der Waals surface area contributed by atoms with Gasteiger partial charge in [-0.2, -0.15) is 0 Å². The zero-order valence-corrected chi connectivity index (χ0v) is 14.3. The molecule has 3 aromatic rings. The quantitative estimate of drug-likeness (QED) is 0.569. The standard InChI is InChI=1S/C17H12ClFN4O4/c18-13-9-4-8(19)5-10(17(25)26)14(9)27-12(13)7-23-16(24)11(6-20)15-21-2-1-3-22-15/h1-6H,7,20H2,(H,23,24)(H,25,26)/b11-6+. The van der Waals surface area contributed by atoms with Gasteiger partial charge in [0.05, 0.1) is 17.1 Å². The summed E-state index contributed by atoms with van der Waals surface area (Å²) in [5.74, 6) is -2.53. The first-order valence-corrected chi connectivity index (χ1v) is 7.91. The molecule has 0 unspecified atom stereocenters. The van der Waals surface area contributed by atoms with Crippen LogP contribution in [0.15, 0.2) is 41.2 Å². The Morgan fingerprint density at radius 2 is 2.04 bits per heavy atom. The highest BCUT2D eigenvalue weighted by molar-refractivity contribution is 6.36. The van der Waals surface area contributed by atoms with Crippen molar-refractivity contribution in [3.05, 3.63) is 64.8 Å². The number of fused-ring (bicyclic) bond motifs is 1. The van der Waals surface area contributed by atoms with Crippen LogP contribution < -0.4 is 11.1 Å². The summed E-state index contributed by atoms with van der Waals surface area (Å²) in [6.45, 7) is -0.183. The monoisotopic (exact) mass is 390 g/mol. The summed E-state index contributed by atoms with van der Waals surface area (Å²) in [7, 11) is 0. The van der Waals surface area contributed by atoms with E-state index in [1.54, 1.807) is 6.07 Å². The molecule has 0 saturated heterocycles. The number of rotatable bonds is 5. The molecule has 2 heterocycles. The number of nitrogens with zero attached hydrogens (tertiary/aromatic N) is 2. The van der Waals surface area contributed by atoms with Gasteiger partial charge in [-0.15, -0.1) is 0 Å². The van der Waals surface area contributed by atoms with Crippen LogP contribution in [0.3, 0.4) is 0 Å². The van der Waals surface area contributed by atoms with Crippen molar-refractivity contribution in [2.45, 2.75) is 6.54 Å². The van der Waals surface area contributed by atoms with E-state index in [2.05, 4.69) is 15.3 Å². The van der Waals surface area contributed by atoms with Gasteiger partial charge in [0, 0.05) is 24.0 Å². The number of nitrogens with two attached hydrogens (primary N) is 1. The number of carboxylic acids is 1. The molecule has 0 spiro atoms. The van der Waals surface area contributed by atoms with Crippen molar-refractivity contribution in [3.8, 4) is 0 Å². The Morgan fingerprint density at radius 3 is 2.67 bits per heavy atom. The first-order chi connectivity index (χ1) is 12.9. The fourth-order valence-electron chi connectivity index (χ4n) is 2.40. The van der Waals surface area contributed by atoms with Gasteiger partial charge in [-0.05, 0) is 18.2 Å². The molecule has 8 nitrogen and oxygen atoms in total. The average molecular weight is 391 g/mol. The second kappa shape index (κ2) is 7.42. The van der Waals surface area contributed by atoms with Gasteiger partial charge in [-0.25, -0.2) is 19.2 Å². The summed E-state index contributed by atoms with van der Waals surface area (Å²) in [6.07, 6.45) is 3.97. The molecular formula is C17H12ClFN4O4. The molecule has 1 amide bonds. The highest BCUT2D eigenvalue weighted by Crippen LogP contribution is 2.33. The fourth-order valence-corrected chi connectivity index (χ4v) is 2.65. The van der Waals surface area contributed by atoms with Crippen LogP contribution in [-0.2, 0) is 11.3 Å². The highest BCUT2D eigenvalue weighted by atomic mass is 35.5. The number of aromatic nitrogens is 2. The van der Waals surface area contributed by atoms with Crippen molar-refractivity contribution in [1.29, 1.82) is 0 Å². The summed E-state index contributed by atoms with van der Waals surface area (Å²) in [5, 5.41) is 11.8. The second-order valence-electron chi connectivity index (χ2n) is 5.31. The maximum absolute atomic E-state index is 13.6. The first kappa shape index (κ1) is 18.3. The van der Waals surface area contributed by atoms with Crippen LogP contribution in [0.2, 0.25) is 5.02 Å². The van der Waals surface area contributed by atoms with Crippen LogP contribution in [0.4, 0.5) is 4.39 Å². The Bertz CT molecular complexity index is 1070. The lowest BCUT2D eigenvalue weighted by atomic mass is 10.1. The van der Waals surface area contributed by atoms with E-state index in [1.807, 2.05) is 0 Å². The second-order valence-corrected chi connectivity index (χ2v) is 5.69. The largest absolute Gasteiger partial charge is 0.478 e. The van der Waals surface area contributed by atoms with E-state index in [9.17, 15) is 19.1 Å². The number of hydrogen-bond donors (Lipinski definition) is 3. The first-order valence-electron chi connectivity index (χ1n) is 7.53. The molecule has 10 heteroatoms. The number of furan rings is 1. The van der Waals surface area contributed by atoms with E-state index in [1.165, 1.54) is 12.4 Å². The maximum Gasteiger partial charge on any atom is 0.339 e. The Kier molecular flexibility index (Phi) is 5.04. The minimum absolute atomic E-state index is 0.00143. The third kappa shape index (κ3) is 3.58. The Hall–Kier alpha value is -3.46. The van der Waals surface area contributed by atoms with Crippen molar-refractivity contribution < 1.29 is 23.5 Å². The van der Waals surface area contributed by atoms with Gasteiger partial charge in [0.2, 0.25) is 0 Å². The third-order valence-corrected chi connectivity index (χ3v) is 4.03. The van der Waals surface area contributed by atoms with Gasteiger partial charge in [0.25, 0.3) is 5.91 Å². The number of benzene rings is 1. The smallest absolute Gasteiger partial charge is 0.339 e. The van der Waals surface area contributed by atoms with E-state index in [-0.39, 0.29) is 45.3 Å². The van der Waals surface area contributed by atoms with Crippen molar-refractivity contribution in [2.75, 3.05) is 0 Å². The number of carbonyl (C=O) groups excluding carboxylic acids is 1. The molecule has 0 radical (unpaired) electrons. The van der Waals surface area contributed by atoms with Crippen LogP contribution in [0, 0.1) is 5.82 Å². The van der Waals surface area contributed by atoms with Crippen LogP contribution in [-0.4, -0.2) is 27.0 Å². The lowest BCUT2D eigenvalue weighted by Gasteiger charge is -2.06. The summed E-state index contributed by atoms with van der Waals surface area (Å²) in [4.78, 5) is 31.5. The number of carboxylic acid groups (broad SMARTS) is 1. The molecule has 0 aliphatic heterocycles. The van der Waals surface area contributed by atoms with E-state index in [4.69, 9.17) is 21.8 Å². The van der Waals surface area contributed by atoms with Gasteiger partial charge in [0.1, 0.15) is 17.1 Å². The number of carbonyl (C=O) groups is 2. The Morgan fingerprint density at radius 1 is 1.33 bits per heavy atom. The lowest BCUT2D eigenvalue weighted by molar-refractivity contribution is -0.115. The van der Waals surface area contributed by atoms with E-state index >= 15 is 0 Å². The molecule has 0 fully saturated rings. The number of halogens is 2. The number of amides is 1. The molecule has 0 aliphatic carbocycles. The van der Waals surface area contributed by atoms with Gasteiger partial charge >= 0.3 is 5.97 Å².